The van der Waals surface area contributed by atoms with Crippen LogP contribution in [0.15, 0.2) is 36.4 Å². The van der Waals surface area contributed by atoms with Gasteiger partial charge < -0.3 is 10.1 Å². The molecule has 178 valence electrons. The lowest BCUT2D eigenvalue weighted by molar-refractivity contribution is 0.410. The molecule has 0 saturated carbocycles. The topological polar surface area (TPSA) is 110 Å². The second-order valence-corrected chi connectivity index (χ2v) is 9.62. The van der Waals surface area contributed by atoms with Gasteiger partial charge in [0.1, 0.15) is 33.1 Å². The number of ether oxygens (including phenoxy) is 1. The summed E-state index contributed by atoms with van der Waals surface area (Å²) in [6.45, 7) is 0.153. The van der Waals surface area contributed by atoms with Gasteiger partial charge in [0.05, 0.1) is 16.8 Å². The molecule has 0 aliphatic rings. The molecular formula is C21H17F4N5O3S. The first-order valence-corrected chi connectivity index (χ1v) is 11.9. The number of aromatic amines is 1. The number of fused-ring (bicyclic) bond motifs is 1. The molecule has 0 amide bonds. The van der Waals surface area contributed by atoms with E-state index < -0.39 is 33.1 Å². The van der Waals surface area contributed by atoms with Gasteiger partial charge in [-0.3, -0.25) is 5.10 Å². The van der Waals surface area contributed by atoms with Crippen LogP contribution in [0.5, 0.6) is 11.8 Å². The second kappa shape index (κ2) is 9.25. The number of hydrogen-bond acceptors (Lipinski definition) is 7. The summed E-state index contributed by atoms with van der Waals surface area (Å²) in [5.74, 6) is -3.76. The van der Waals surface area contributed by atoms with E-state index in [4.69, 9.17) is 4.74 Å². The van der Waals surface area contributed by atoms with Gasteiger partial charge in [-0.15, -0.1) is 0 Å². The summed E-state index contributed by atoms with van der Waals surface area (Å²) in [5.41, 5.74) is 0.138. The van der Waals surface area contributed by atoms with Crippen LogP contribution < -0.4 is 10.1 Å². The van der Waals surface area contributed by atoms with Gasteiger partial charge in [0.2, 0.25) is 0 Å². The Hall–Kier alpha value is -3.74. The molecule has 13 heteroatoms. The molecule has 8 nitrogen and oxygen atoms in total. The lowest BCUT2D eigenvalue weighted by Gasteiger charge is -2.11. The van der Waals surface area contributed by atoms with Crippen LogP contribution in [0.4, 0.5) is 23.4 Å². The number of benzene rings is 2. The number of halogens is 4. The molecule has 0 spiro atoms. The van der Waals surface area contributed by atoms with Crippen LogP contribution in [-0.4, -0.2) is 47.1 Å². The zero-order valence-electron chi connectivity index (χ0n) is 17.6. The maximum atomic E-state index is 14.4. The largest absolute Gasteiger partial charge is 0.421 e. The Labute approximate surface area is 190 Å². The SMILES string of the molecule is CS(=O)(=O)CCCNc1nc(Oc2ccc(F)cc2F)nc2n[nH]c(-c3ccc(F)cc3F)c12. The van der Waals surface area contributed by atoms with Crippen molar-refractivity contribution in [2.45, 2.75) is 6.42 Å². The number of hydrogen-bond donors (Lipinski definition) is 2. The predicted molar refractivity (Wildman–Crippen MR) is 116 cm³/mol. The molecule has 0 atom stereocenters. The van der Waals surface area contributed by atoms with Crippen LogP contribution in [-0.2, 0) is 9.84 Å². The molecule has 2 heterocycles. The second-order valence-electron chi connectivity index (χ2n) is 7.36. The Kier molecular flexibility index (Phi) is 6.37. The smallest absolute Gasteiger partial charge is 0.326 e. The van der Waals surface area contributed by atoms with Crippen molar-refractivity contribution in [2.75, 3.05) is 23.9 Å². The molecule has 2 N–H and O–H groups in total. The highest BCUT2D eigenvalue weighted by molar-refractivity contribution is 7.90. The number of anilines is 1. The maximum absolute atomic E-state index is 14.4. The highest BCUT2D eigenvalue weighted by atomic mass is 32.2. The number of nitrogens with zero attached hydrogens (tertiary/aromatic N) is 3. The fraction of sp³-hybridized carbons (Fsp3) is 0.190. The molecule has 0 unspecified atom stereocenters. The average molecular weight is 495 g/mol. The van der Waals surface area contributed by atoms with Crippen molar-refractivity contribution >= 4 is 26.7 Å². The molecule has 4 aromatic rings. The third kappa shape index (κ3) is 5.25. The molecule has 0 aliphatic carbocycles. The molecule has 4 rings (SSSR count). The fourth-order valence-electron chi connectivity index (χ4n) is 3.16. The summed E-state index contributed by atoms with van der Waals surface area (Å²) >= 11 is 0. The monoisotopic (exact) mass is 495 g/mol. The van der Waals surface area contributed by atoms with E-state index in [1.807, 2.05) is 0 Å². The quantitative estimate of drug-likeness (QED) is 0.278. The summed E-state index contributed by atoms with van der Waals surface area (Å²) in [7, 11) is -3.20. The minimum absolute atomic E-state index is 0.00932. The molecule has 0 fully saturated rings. The Balaban J connectivity index is 1.75. The van der Waals surface area contributed by atoms with Crippen LogP contribution in [0.3, 0.4) is 0 Å². The van der Waals surface area contributed by atoms with E-state index in [0.717, 1.165) is 24.5 Å². The van der Waals surface area contributed by atoms with E-state index in [2.05, 4.69) is 25.5 Å². The van der Waals surface area contributed by atoms with E-state index in [1.165, 1.54) is 6.07 Å². The van der Waals surface area contributed by atoms with Gasteiger partial charge in [0, 0.05) is 30.5 Å². The van der Waals surface area contributed by atoms with E-state index in [9.17, 15) is 26.0 Å². The lowest BCUT2D eigenvalue weighted by Crippen LogP contribution is -2.11. The third-order valence-electron chi connectivity index (χ3n) is 4.67. The zero-order chi connectivity index (χ0) is 24.5. The average Bonchev–Trinajstić information content (AvgIpc) is 3.16. The van der Waals surface area contributed by atoms with Crippen molar-refractivity contribution in [3.63, 3.8) is 0 Å². The Morgan fingerprint density at radius 2 is 1.71 bits per heavy atom. The first-order valence-electron chi connectivity index (χ1n) is 9.87. The normalized spacial score (nSPS) is 11.7. The van der Waals surface area contributed by atoms with Gasteiger partial charge >= 0.3 is 6.01 Å². The minimum Gasteiger partial charge on any atom is -0.421 e. The first kappa shape index (κ1) is 23.4. The van der Waals surface area contributed by atoms with E-state index in [1.54, 1.807) is 0 Å². The summed E-state index contributed by atoms with van der Waals surface area (Å²) in [6.07, 6.45) is 1.33. The fourth-order valence-corrected chi connectivity index (χ4v) is 3.83. The first-order chi connectivity index (χ1) is 16.1. The number of sulfone groups is 1. The predicted octanol–water partition coefficient (Wildman–Crippen LogP) is 4.22. The molecular weight excluding hydrogens is 478 g/mol. The number of aromatic nitrogens is 4. The van der Waals surface area contributed by atoms with Crippen LogP contribution in [0.1, 0.15) is 6.42 Å². The van der Waals surface area contributed by atoms with E-state index in [-0.39, 0.29) is 58.6 Å². The van der Waals surface area contributed by atoms with Crippen LogP contribution in [0, 0.1) is 23.3 Å². The van der Waals surface area contributed by atoms with Crippen molar-refractivity contribution in [1.29, 1.82) is 0 Å². The van der Waals surface area contributed by atoms with Gasteiger partial charge in [-0.25, -0.2) is 26.0 Å². The maximum Gasteiger partial charge on any atom is 0.326 e. The standard InChI is InChI=1S/C21H17F4N5O3S/c1-34(31,32)8-2-7-26-19-17-18(13-5-3-11(22)9-14(13)24)29-30-20(17)28-21(27-19)33-16-6-4-12(23)10-15(16)25/h3-6,9-10H,2,7-8H2,1H3,(H2,26,27,28,29,30). The Morgan fingerprint density at radius 1 is 1.00 bits per heavy atom. The Morgan fingerprint density at radius 3 is 2.38 bits per heavy atom. The molecule has 34 heavy (non-hydrogen) atoms. The van der Waals surface area contributed by atoms with E-state index in [0.29, 0.717) is 12.1 Å². The summed E-state index contributed by atoms with van der Waals surface area (Å²) in [4.78, 5) is 8.28. The van der Waals surface area contributed by atoms with Crippen molar-refractivity contribution in [3.05, 3.63) is 59.7 Å². The number of rotatable bonds is 8. The summed E-state index contributed by atoms with van der Waals surface area (Å²) in [5, 5.41) is 9.80. The van der Waals surface area contributed by atoms with Crippen molar-refractivity contribution in [1.82, 2.24) is 20.2 Å². The van der Waals surface area contributed by atoms with Crippen molar-refractivity contribution in [2.24, 2.45) is 0 Å². The van der Waals surface area contributed by atoms with Crippen LogP contribution in [0.25, 0.3) is 22.3 Å². The number of nitrogens with one attached hydrogen (secondary N) is 2. The van der Waals surface area contributed by atoms with Gasteiger partial charge in [-0.1, -0.05) is 0 Å². The highest BCUT2D eigenvalue weighted by Gasteiger charge is 2.20. The van der Waals surface area contributed by atoms with Crippen LogP contribution >= 0.6 is 0 Å². The zero-order valence-corrected chi connectivity index (χ0v) is 18.4. The minimum atomic E-state index is -3.20. The third-order valence-corrected chi connectivity index (χ3v) is 5.70. The van der Waals surface area contributed by atoms with Crippen molar-refractivity contribution < 1.29 is 30.7 Å². The van der Waals surface area contributed by atoms with E-state index >= 15 is 0 Å². The van der Waals surface area contributed by atoms with Crippen LogP contribution in [0.2, 0.25) is 0 Å². The van der Waals surface area contributed by atoms with Gasteiger partial charge in [-0.2, -0.15) is 15.1 Å². The highest BCUT2D eigenvalue weighted by Crippen LogP contribution is 2.34. The lowest BCUT2D eigenvalue weighted by atomic mass is 10.1. The molecule has 0 aliphatic heterocycles. The summed E-state index contributed by atoms with van der Waals surface area (Å²) in [6, 6.07) is 5.32. The van der Waals surface area contributed by atoms with Gasteiger partial charge in [0.15, 0.2) is 17.2 Å². The van der Waals surface area contributed by atoms with Gasteiger partial charge in [-0.05, 0) is 30.7 Å². The number of H-pyrrole nitrogens is 1. The molecule has 0 radical (unpaired) electrons. The summed E-state index contributed by atoms with van der Waals surface area (Å²) < 4.78 is 83.2. The Bertz CT molecular complexity index is 1480. The molecule has 0 bridgehead atoms. The molecule has 2 aromatic heterocycles. The molecule has 2 aromatic carbocycles. The van der Waals surface area contributed by atoms with Crippen molar-refractivity contribution in [3.8, 4) is 23.0 Å². The van der Waals surface area contributed by atoms with Gasteiger partial charge in [0.25, 0.3) is 0 Å². The molecule has 0 saturated heterocycles.